The highest BCUT2D eigenvalue weighted by Gasteiger charge is 2.46. The van der Waals surface area contributed by atoms with E-state index in [1.54, 1.807) is 0 Å². The molecule has 0 bridgehead atoms. The number of rotatable bonds is 1. The number of hydrogen-bond acceptors (Lipinski definition) is 3. The number of benzene rings is 1. The quantitative estimate of drug-likeness (QED) is 0.648. The van der Waals surface area contributed by atoms with Gasteiger partial charge in [-0.3, -0.25) is 0 Å². The number of pyridine rings is 1. The molecule has 2 saturated heterocycles. The second-order valence-corrected chi connectivity index (χ2v) is 8.53. The van der Waals surface area contributed by atoms with Crippen LogP contribution in [0.1, 0.15) is 37.7 Å². The van der Waals surface area contributed by atoms with Gasteiger partial charge in [-0.1, -0.05) is 12.5 Å². The topological polar surface area (TPSA) is 29.8 Å². The molecule has 4 nitrogen and oxygen atoms in total. The first kappa shape index (κ1) is 15.7. The first-order valence-corrected chi connectivity index (χ1v) is 10.3. The smallest absolute Gasteiger partial charge is 0.136 e. The summed E-state index contributed by atoms with van der Waals surface area (Å²) in [6, 6.07) is 11.7. The van der Waals surface area contributed by atoms with E-state index in [1.165, 1.54) is 55.5 Å². The SMILES string of the molecule is c1cn2cc(-c3ccc4c(c3)C[C@]3(CCN5CCCC[C@@H]5C3)O4)ccc2n1. The van der Waals surface area contributed by atoms with Crippen LogP contribution in [0.2, 0.25) is 0 Å². The number of aromatic nitrogens is 2. The van der Waals surface area contributed by atoms with Gasteiger partial charge in [-0.05, 0) is 60.3 Å². The van der Waals surface area contributed by atoms with Gasteiger partial charge < -0.3 is 14.0 Å². The lowest BCUT2D eigenvalue weighted by Gasteiger charge is -2.46. The minimum Gasteiger partial charge on any atom is -0.487 e. The van der Waals surface area contributed by atoms with Crippen molar-refractivity contribution < 1.29 is 4.74 Å². The van der Waals surface area contributed by atoms with Gasteiger partial charge in [-0.25, -0.2) is 4.98 Å². The van der Waals surface area contributed by atoms with Crippen molar-refractivity contribution in [1.82, 2.24) is 14.3 Å². The van der Waals surface area contributed by atoms with E-state index in [0.29, 0.717) is 0 Å². The molecule has 0 unspecified atom stereocenters. The maximum atomic E-state index is 6.59. The molecule has 0 aliphatic carbocycles. The molecule has 1 spiro atoms. The summed E-state index contributed by atoms with van der Waals surface area (Å²) in [4.78, 5) is 7.04. The van der Waals surface area contributed by atoms with Crippen molar-refractivity contribution in [3.05, 3.63) is 54.5 Å². The molecular weight excluding hydrogens is 334 g/mol. The zero-order valence-electron chi connectivity index (χ0n) is 15.6. The molecule has 0 N–H and O–H groups in total. The summed E-state index contributed by atoms with van der Waals surface area (Å²) in [5.41, 5.74) is 4.89. The van der Waals surface area contributed by atoms with E-state index in [1.807, 2.05) is 12.4 Å². The largest absolute Gasteiger partial charge is 0.487 e. The molecule has 0 radical (unpaired) electrons. The molecule has 2 aromatic heterocycles. The molecule has 3 aliphatic heterocycles. The van der Waals surface area contributed by atoms with Crippen LogP contribution in [-0.2, 0) is 6.42 Å². The van der Waals surface area contributed by atoms with E-state index >= 15 is 0 Å². The van der Waals surface area contributed by atoms with Crippen LogP contribution < -0.4 is 4.74 Å². The van der Waals surface area contributed by atoms with Crippen molar-refractivity contribution >= 4 is 5.65 Å². The zero-order valence-corrected chi connectivity index (χ0v) is 15.6. The predicted molar refractivity (Wildman–Crippen MR) is 106 cm³/mol. The van der Waals surface area contributed by atoms with Gasteiger partial charge in [0.2, 0.25) is 0 Å². The predicted octanol–water partition coefficient (Wildman–Crippen LogP) is 4.32. The lowest BCUT2D eigenvalue weighted by atomic mass is 9.80. The van der Waals surface area contributed by atoms with Crippen molar-refractivity contribution in [1.29, 1.82) is 0 Å². The molecule has 27 heavy (non-hydrogen) atoms. The van der Waals surface area contributed by atoms with Crippen LogP contribution >= 0.6 is 0 Å². The number of fused-ring (bicyclic) bond motifs is 3. The first-order valence-electron chi connectivity index (χ1n) is 10.3. The Morgan fingerprint density at radius 2 is 2.04 bits per heavy atom. The second-order valence-electron chi connectivity index (χ2n) is 8.53. The van der Waals surface area contributed by atoms with Crippen molar-refractivity contribution in [2.75, 3.05) is 13.1 Å². The van der Waals surface area contributed by atoms with Crippen LogP contribution in [0.25, 0.3) is 16.8 Å². The van der Waals surface area contributed by atoms with Crippen LogP contribution in [0, 0.1) is 0 Å². The van der Waals surface area contributed by atoms with Crippen molar-refractivity contribution in [3.63, 3.8) is 0 Å². The summed E-state index contributed by atoms with van der Waals surface area (Å²) in [5, 5.41) is 0. The first-order chi connectivity index (χ1) is 13.3. The third-order valence-electron chi connectivity index (χ3n) is 6.83. The van der Waals surface area contributed by atoms with Gasteiger partial charge in [0.15, 0.2) is 0 Å². The average molecular weight is 359 g/mol. The Morgan fingerprint density at radius 1 is 1.07 bits per heavy atom. The molecule has 2 atom stereocenters. The fourth-order valence-corrected chi connectivity index (χ4v) is 5.42. The fourth-order valence-electron chi connectivity index (χ4n) is 5.42. The number of piperidine rings is 2. The van der Waals surface area contributed by atoms with E-state index in [9.17, 15) is 0 Å². The summed E-state index contributed by atoms with van der Waals surface area (Å²) < 4.78 is 8.67. The van der Waals surface area contributed by atoms with E-state index in [2.05, 4.69) is 50.8 Å². The van der Waals surface area contributed by atoms with E-state index in [-0.39, 0.29) is 5.60 Å². The fraction of sp³-hybridized carbons (Fsp3) is 0.435. The minimum atomic E-state index is 0.0355. The third kappa shape index (κ3) is 2.58. The van der Waals surface area contributed by atoms with Gasteiger partial charge >= 0.3 is 0 Å². The second kappa shape index (κ2) is 5.83. The van der Waals surface area contributed by atoms with Gasteiger partial charge in [-0.15, -0.1) is 0 Å². The van der Waals surface area contributed by atoms with Crippen LogP contribution in [0.5, 0.6) is 5.75 Å². The van der Waals surface area contributed by atoms with Crippen LogP contribution in [0.4, 0.5) is 0 Å². The normalized spacial score (nSPS) is 27.5. The minimum absolute atomic E-state index is 0.0355. The van der Waals surface area contributed by atoms with Crippen LogP contribution in [-0.4, -0.2) is 39.0 Å². The van der Waals surface area contributed by atoms with Gasteiger partial charge in [-0.2, -0.15) is 0 Å². The Kier molecular flexibility index (Phi) is 3.39. The lowest BCUT2D eigenvalue weighted by Crippen LogP contribution is -2.54. The maximum Gasteiger partial charge on any atom is 0.136 e. The van der Waals surface area contributed by atoms with Gasteiger partial charge in [0.05, 0.1) is 0 Å². The van der Waals surface area contributed by atoms with Crippen LogP contribution in [0.3, 0.4) is 0 Å². The zero-order chi connectivity index (χ0) is 17.8. The number of hydrogen-bond donors (Lipinski definition) is 0. The van der Waals surface area contributed by atoms with E-state index < -0.39 is 0 Å². The Bertz CT molecular complexity index is 1010. The summed E-state index contributed by atoms with van der Waals surface area (Å²) >= 11 is 0. The highest BCUT2D eigenvalue weighted by atomic mass is 16.5. The van der Waals surface area contributed by atoms with Gasteiger partial charge in [0, 0.05) is 50.4 Å². The molecule has 2 fully saturated rings. The van der Waals surface area contributed by atoms with Gasteiger partial charge in [0.25, 0.3) is 0 Å². The molecule has 0 amide bonds. The van der Waals surface area contributed by atoms with Crippen molar-refractivity contribution in [3.8, 4) is 16.9 Å². The van der Waals surface area contributed by atoms with Crippen molar-refractivity contribution in [2.24, 2.45) is 0 Å². The lowest BCUT2D eigenvalue weighted by molar-refractivity contribution is -0.0249. The summed E-state index contributed by atoms with van der Waals surface area (Å²) in [5.74, 6) is 1.10. The monoisotopic (exact) mass is 359 g/mol. The summed E-state index contributed by atoms with van der Waals surface area (Å²) in [7, 11) is 0. The molecule has 4 heteroatoms. The molecule has 3 aliphatic rings. The Morgan fingerprint density at radius 3 is 3.04 bits per heavy atom. The molecule has 138 valence electrons. The number of nitrogens with zero attached hydrogens (tertiary/aromatic N) is 3. The molecule has 3 aromatic rings. The Balaban J connectivity index is 1.29. The molecule has 6 rings (SSSR count). The van der Waals surface area contributed by atoms with E-state index in [0.717, 1.165) is 30.3 Å². The molecular formula is C23H25N3O. The maximum absolute atomic E-state index is 6.59. The van der Waals surface area contributed by atoms with Gasteiger partial charge in [0.1, 0.15) is 17.0 Å². The highest BCUT2D eigenvalue weighted by Crippen LogP contribution is 2.45. The van der Waals surface area contributed by atoms with Crippen LogP contribution in [0.15, 0.2) is 48.9 Å². The van der Waals surface area contributed by atoms with Crippen molar-refractivity contribution in [2.45, 2.75) is 50.2 Å². The third-order valence-corrected chi connectivity index (χ3v) is 6.83. The highest BCUT2D eigenvalue weighted by molar-refractivity contribution is 5.67. The standard InChI is InChI=1S/C23H25N3O/c1-2-10-25-11-8-23(15-20(25)3-1)14-19-13-17(4-6-21(19)27-23)18-5-7-22-24-9-12-26(22)16-18/h4-7,9,12-13,16,20H,1-3,8,10-11,14-15H2/t20-,23+/m1/s1. The number of imidazole rings is 1. The molecule has 1 aromatic carbocycles. The summed E-state index contributed by atoms with van der Waals surface area (Å²) in [6.07, 6.45) is 13.5. The average Bonchev–Trinajstić information content (AvgIpc) is 3.30. The number of ether oxygens (including phenoxy) is 1. The Labute approximate surface area is 159 Å². The Hall–Kier alpha value is -2.33. The van der Waals surface area contributed by atoms with E-state index in [4.69, 9.17) is 4.74 Å². The molecule has 5 heterocycles. The summed E-state index contributed by atoms with van der Waals surface area (Å²) in [6.45, 7) is 2.48. The molecule has 0 saturated carbocycles.